The highest BCUT2D eigenvalue weighted by Gasteiger charge is 2.27. The quantitative estimate of drug-likeness (QED) is 0.381. The molecule has 1 aliphatic rings. The molecule has 188 valence electrons. The molecule has 10 nitrogen and oxygen atoms in total. The standard InChI is InChI=1S/C26H24ClN7O3/c1-37-25-22-18(17-5-2-3-6-19(17)27)13-33(24(22)29-15-30-25)14-21(35)32-11-8-16(9-12-32)34-20-7-4-10-28-23(20)31-26(34)36/h2-7,10,13,15-16H,8-9,11-12,14H2,1H3,(H,28,31,36). The number of aromatic nitrogens is 6. The number of benzene rings is 1. The average molecular weight is 518 g/mol. The van der Waals surface area contributed by atoms with Crippen molar-refractivity contribution in [1.82, 2.24) is 34.0 Å². The van der Waals surface area contributed by atoms with E-state index in [4.69, 9.17) is 16.3 Å². The van der Waals surface area contributed by atoms with Crippen molar-refractivity contribution in [2.24, 2.45) is 0 Å². The number of aromatic amines is 1. The zero-order valence-corrected chi connectivity index (χ0v) is 20.9. The molecule has 0 bridgehead atoms. The number of ether oxygens (including phenoxy) is 1. The molecule has 4 aromatic heterocycles. The van der Waals surface area contributed by atoms with E-state index in [1.165, 1.54) is 6.33 Å². The van der Waals surface area contributed by atoms with Gasteiger partial charge in [0.05, 0.1) is 18.0 Å². The van der Waals surface area contributed by atoms with Crippen molar-refractivity contribution < 1.29 is 9.53 Å². The first-order valence-electron chi connectivity index (χ1n) is 12.0. The summed E-state index contributed by atoms with van der Waals surface area (Å²) in [5.74, 6) is 0.400. The largest absolute Gasteiger partial charge is 0.480 e. The van der Waals surface area contributed by atoms with Crippen molar-refractivity contribution >= 4 is 39.7 Å². The van der Waals surface area contributed by atoms with Crippen molar-refractivity contribution in [3.63, 3.8) is 0 Å². The van der Waals surface area contributed by atoms with Crippen LogP contribution in [0.25, 0.3) is 33.3 Å². The van der Waals surface area contributed by atoms with Gasteiger partial charge in [0.2, 0.25) is 11.8 Å². The summed E-state index contributed by atoms with van der Waals surface area (Å²) in [6, 6.07) is 11.2. The van der Waals surface area contributed by atoms with E-state index < -0.39 is 0 Å². The summed E-state index contributed by atoms with van der Waals surface area (Å²) in [6.07, 6.45) is 6.33. The van der Waals surface area contributed by atoms with E-state index >= 15 is 0 Å². The van der Waals surface area contributed by atoms with Gasteiger partial charge in [-0.2, -0.15) is 0 Å². The van der Waals surface area contributed by atoms with Crippen molar-refractivity contribution in [2.45, 2.75) is 25.4 Å². The molecule has 0 atom stereocenters. The van der Waals surface area contributed by atoms with Crippen LogP contribution in [0.5, 0.6) is 5.88 Å². The van der Waals surface area contributed by atoms with Crippen molar-refractivity contribution in [2.75, 3.05) is 20.2 Å². The predicted octanol–water partition coefficient (Wildman–Crippen LogP) is 3.66. The number of carbonyl (C=O) groups excluding carboxylic acids is 1. The van der Waals surface area contributed by atoms with E-state index in [9.17, 15) is 9.59 Å². The molecule has 5 aromatic rings. The molecule has 1 fully saturated rings. The molecule has 0 spiro atoms. The zero-order chi connectivity index (χ0) is 25.5. The van der Waals surface area contributed by atoms with Crippen molar-refractivity contribution in [1.29, 1.82) is 0 Å². The lowest BCUT2D eigenvalue weighted by Crippen LogP contribution is -2.41. The highest BCUT2D eigenvalue weighted by Crippen LogP contribution is 2.38. The van der Waals surface area contributed by atoms with E-state index in [2.05, 4.69) is 19.9 Å². The zero-order valence-electron chi connectivity index (χ0n) is 20.1. The van der Waals surface area contributed by atoms with Crippen LogP contribution in [0.1, 0.15) is 18.9 Å². The minimum absolute atomic E-state index is 0.00531. The fourth-order valence-corrected chi connectivity index (χ4v) is 5.43. The number of rotatable bonds is 5. The molecule has 1 N–H and O–H groups in total. The molecule has 0 saturated carbocycles. The molecule has 1 saturated heterocycles. The summed E-state index contributed by atoms with van der Waals surface area (Å²) in [7, 11) is 1.56. The van der Waals surface area contributed by atoms with Crippen molar-refractivity contribution in [3.05, 3.63) is 70.6 Å². The fourth-order valence-electron chi connectivity index (χ4n) is 5.19. The van der Waals surface area contributed by atoms with Crippen LogP contribution in [0.3, 0.4) is 0 Å². The third-order valence-corrected chi connectivity index (χ3v) is 7.28. The minimum Gasteiger partial charge on any atom is -0.480 e. The Hall–Kier alpha value is -4.18. The maximum atomic E-state index is 13.4. The number of pyridine rings is 1. The smallest absolute Gasteiger partial charge is 0.327 e. The molecule has 37 heavy (non-hydrogen) atoms. The molecule has 6 rings (SSSR count). The van der Waals surface area contributed by atoms with Gasteiger partial charge in [-0.15, -0.1) is 0 Å². The molecular weight excluding hydrogens is 494 g/mol. The van der Waals surface area contributed by atoms with Gasteiger partial charge >= 0.3 is 5.69 Å². The second-order valence-electron chi connectivity index (χ2n) is 9.02. The second-order valence-corrected chi connectivity index (χ2v) is 9.42. The number of fused-ring (bicyclic) bond motifs is 2. The summed E-state index contributed by atoms with van der Waals surface area (Å²) in [6.45, 7) is 1.22. The summed E-state index contributed by atoms with van der Waals surface area (Å²) < 4.78 is 9.10. The van der Waals surface area contributed by atoms with Gasteiger partial charge in [-0.05, 0) is 31.0 Å². The van der Waals surface area contributed by atoms with Gasteiger partial charge in [-0.3, -0.25) is 14.3 Å². The number of likely N-dealkylation sites (tertiary alicyclic amines) is 1. The Labute approximate surface area is 216 Å². The highest BCUT2D eigenvalue weighted by atomic mass is 35.5. The van der Waals surface area contributed by atoms with Crippen LogP contribution in [0.2, 0.25) is 5.02 Å². The summed E-state index contributed by atoms with van der Waals surface area (Å²) in [4.78, 5) is 43.6. The SMILES string of the molecule is COc1ncnc2c1c(-c1ccccc1Cl)cn2CC(=O)N1CCC(n2c(=O)[nH]c3ncccc32)CC1. The Bertz CT molecular complexity index is 1680. The number of nitrogens with one attached hydrogen (secondary N) is 1. The van der Waals surface area contributed by atoms with E-state index in [1.54, 1.807) is 17.9 Å². The number of methoxy groups -OCH3 is 1. The molecule has 1 aliphatic heterocycles. The first-order valence-corrected chi connectivity index (χ1v) is 12.4. The number of carbonyl (C=O) groups is 1. The third-order valence-electron chi connectivity index (χ3n) is 6.95. The lowest BCUT2D eigenvalue weighted by Gasteiger charge is -2.32. The Morgan fingerprint density at radius 2 is 1.92 bits per heavy atom. The number of hydrogen-bond acceptors (Lipinski definition) is 6. The van der Waals surface area contributed by atoms with Gasteiger partial charge in [-0.25, -0.2) is 19.7 Å². The van der Waals surface area contributed by atoms with Crippen LogP contribution >= 0.6 is 11.6 Å². The second kappa shape index (κ2) is 9.36. The number of H-pyrrole nitrogens is 1. The van der Waals surface area contributed by atoms with E-state index in [0.29, 0.717) is 53.5 Å². The number of piperidine rings is 1. The molecule has 11 heteroatoms. The Morgan fingerprint density at radius 3 is 2.70 bits per heavy atom. The summed E-state index contributed by atoms with van der Waals surface area (Å²) in [5, 5.41) is 1.29. The number of amides is 1. The Balaban J connectivity index is 1.25. The fraction of sp³-hybridized carbons (Fsp3) is 0.269. The molecule has 0 unspecified atom stereocenters. The van der Waals surface area contributed by atoms with E-state index in [-0.39, 0.29) is 24.2 Å². The topological polar surface area (TPSA) is 111 Å². The molecule has 1 aromatic carbocycles. The normalized spacial score (nSPS) is 14.5. The van der Waals surface area contributed by atoms with Gasteiger partial charge in [0.15, 0.2) is 5.65 Å². The maximum Gasteiger partial charge on any atom is 0.327 e. The third kappa shape index (κ3) is 4.03. The van der Waals surface area contributed by atoms with Crippen LogP contribution in [0, 0.1) is 0 Å². The number of halogens is 1. The van der Waals surface area contributed by atoms with Crippen LogP contribution in [-0.4, -0.2) is 60.1 Å². The predicted molar refractivity (Wildman–Crippen MR) is 140 cm³/mol. The van der Waals surface area contributed by atoms with Gasteiger partial charge in [-0.1, -0.05) is 29.8 Å². The molecule has 5 heterocycles. The van der Waals surface area contributed by atoms with Crippen molar-refractivity contribution in [3.8, 4) is 17.0 Å². The average Bonchev–Trinajstić information content (AvgIpc) is 3.46. The first kappa shape index (κ1) is 23.2. The molecule has 0 aliphatic carbocycles. The maximum absolute atomic E-state index is 13.4. The van der Waals surface area contributed by atoms with Gasteiger partial charge in [0, 0.05) is 47.7 Å². The first-order chi connectivity index (χ1) is 18.0. The van der Waals surface area contributed by atoms with Gasteiger partial charge < -0.3 is 14.2 Å². The number of imidazole rings is 1. The molecule has 1 amide bonds. The van der Waals surface area contributed by atoms with Crippen LogP contribution in [0.15, 0.2) is 59.9 Å². The molecule has 0 radical (unpaired) electrons. The monoisotopic (exact) mass is 517 g/mol. The molecular formula is C26H24ClN7O3. The Morgan fingerprint density at radius 1 is 1.11 bits per heavy atom. The van der Waals surface area contributed by atoms with E-state index in [1.807, 2.05) is 52.1 Å². The van der Waals surface area contributed by atoms with Gasteiger partial charge in [0.25, 0.3) is 0 Å². The van der Waals surface area contributed by atoms with E-state index in [0.717, 1.165) is 16.6 Å². The lowest BCUT2D eigenvalue weighted by molar-refractivity contribution is -0.133. The lowest BCUT2D eigenvalue weighted by atomic mass is 10.0. The summed E-state index contributed by atoms with van der Waals surface area (Å²) in [5.41, 5.74) is 3.42. The van der Waals surface area contributed by atoms with Crippen LogP contribution in [0.4, 0.5) is 0 Å². The Kier molecular flexibility index (Phi) is 5.88. The van der Waals surface area contributed by atoms with Crippen LogP contribution < -0.4 is 10.4 Å². The summed E-state index contributed by atoms with van der Waals surface area (Å²) >= 11 is 6.50. The highest BCUT2D eigenvalue weighted by molar-refractivity contribution is 6.33. The number of hydrogen-bond donors (Lipinski definition) is 1. The van der Waals surface area contributed by atoms with Gasteiger partial charge in [0.1, 0.15) is 18.5 Å². The number of nitrogens with zero attached hydrogens (tertiary/aromatic N) is 6. The van der Waals surface area contributed by atoms with Crippen LogP contribution in [-0.2, 0) is 11.3 Å². The minimum atomic E-state index is -0.168.